The molecule has 2 rings (SSSR count). The van der Waals surface area contributed by atoms with E-state index in [0.717, 1.165) is 35.7 Å². The third-order valence-corrected chi connectivity index (χ3v) is 3.98. The highest BCUT2D eigenvalue weighted by Gasteiger charge is 2.07. The maximum Gasteiger partial charge on any atom is 0.319 e. The zero-order valence-corrected chi connectivity index (χ0v) is 14.9. The lowest BCUT2D eigenvalue weighted by Crippen LogP contribution is -2.29. The van der Waals surface area contributed by atoms with Gasteiger partial charge in [0.15, 0.2) is 0 Å². The standard InChI is InChI=1S/C19H26N4O/c1-5-23(6-2)18-12-16(9-10-20-18)13-21-19(24)22-17-8-7-14(3)11-15(17)4/h7-12H,5-6,13H2,1-4H3,(H2,21,22,24). The molecule has 0 aliphatic rings. The normalized spacial score (nSPS) is 10.3. The zero-order valence-electron chi connectivity index (χ0n) is 14.9. The molecule has 0 saturated carbocycles. The quantitative estimate of drug-likeness (QED) is 0.847. The zero-order chi connectivity index (χ0) is 17.5. The van der Waals surface area contributed by atoms with Gasteiger partial charge < -0.3 is 15.5 Å². The number of anilines is 2. The highest BCUT2D eigenvalue weighted by atomic mass is 16.2. The summed E-state index contributed by atoms with van der Waals surface area (Å²) in [5, 5.41) is 5.79. The average molecular weight is 326 g/mol. The van der Waals surface area contributed by atoms with Crippen molar-refractivity contribution in [3.8, 4) is 0 Å². The molecule has 0 fully saturated rings. The molecule has 0 spiro atoms. The van der Waals surface area contributed by atoms with Crippen molar-refractivity contribution in [1.29, 1.82) is 0 Å². The molecule has 5 nitrogen and oxygen atoms in total. The average Bonchev–Trinajstić information content (AvgIpc) is 2.57. The monoisotopic (exact) mass is 326 g/mol. The molecule has 2 N–H and O–H groups in total. The molecular weight excluding hydrogens is 300 g/mol. The van der Waals surface area contributed by atoms with Crippen LogP contribution in [0.1, 0.15) is 30.5 Å². The molecule has 0 aliphatic carbocycles. The minimum absolute atomic E-state index is 0.205. The molecular formula is C19H26N4O. The van der Waals surface area contributed by atoms with Crippen LogP contribution >= 0.6 is 0 Å². The molecule has 24 heavy (non-hydrogen) atoms. The Labute approximate surface area is 144 Å². The third-order valence-electron chi connectivity index (χ3n) is 3.98. The number of benzene rings is 1. The Balaban J connectivity index is 1.95. The fourth-order valence-corrected chi connectivity index (χ4v) is 2.59. The van der Waals surface area contributed by atoms with Crippen molar-refractivity contribution < 1.29 is 4.79 Å². The number of nitrogens with one attached hydrogen (secondary N) is 2. The lowest BCUT2D eigenvalue weighted by atomic mass is 10.1. The van der Waals surface area contributed by atoms with Crippen molar-refractivity contribution in [2.24, 2.45) is 0 Å². The molecule has 1 aromatic carbocycles. The topological polar surface area (TPSA) is 57.3 Å². The Bertz CT molecular complexity index is 696. The Kier molecular flexibility index (Phi) is 6.18. The summed E-state index contributed by atoms with van der Waals surface area (Å²) in [6.45, 7) is 10.5. The number of carbonyl (C=O) groups excluding carboxylic acids is 1. The summed E-state index contributed by atoms with van der Waals surface area (Å²) in [7, 11) is 0. The molecule has 0 bridgehead atoms. The van der Waals surface area contributed by atoms with Gasteiger partial charge in [0.05, 0.1) is 0 Å². The van der Waals surface area contributed by atoms with Crippen molar-refractivity contribution in [2.75, 3.05) is 23.3 Å². The maximum atomic E-state index is 12.1. The predicted molar refractivity (Wildman–Crippen MR) is 99.6 cm³/mol. The summed E-state index contributed by atoms with van der Waals surface area (Å²) in [5.41, 5.74) is 4.09. The first-order chi connectivity index (χ1) is 11.5. The van der Waals surface area contributed by atoms with E-state index in [1.165, 1.54) is 5.56 Å². The van der Waals surface area contributed by atoms with Crippen LogP contribution in [-0.4, -0.2) is 24.1 Å². The first-order valence-electron chi connectivity index (χ1n) is 8.35. The van der Waals surface area contributed by atoms with E-state index in [9.17, 15) is 4.79 Å². The summed E-state index contributed by atoms with van der Waals surface area (Å²) in [5.74, 6) is 0.939. The van der Waals surface area contributed by atoms with Crippen LogP contribution in [0.5, 0.6) is 0 Å². The van der Waals surface area contributed by atoms with Gasteiger partial charge in [-0.15, -0.1) is 0 Å². The van der Waals surface area contributed by atoms with Gasteiger partial charge in [0.2, 0.25) is 0 Å². The van der Waals surface area contributed by atoms with Crippen LogP contribution < -0.4 is 15.5 Å². The summed E-state index contributed by atoms with van der Waals surface area (Å²) >= 11 is 0. The molecule has 0 saturated heterocycles. The van der Waals surface area contributed by atoms with Gasteiger partial charge in [-0.25, -0.2) is 9.78 Å². The number of amides is 2. The van der Waals surface area contributed by atoms with E-state index in [1.54, 1.807) is 6.20 Å². The number of rotatable bonds is 6. The van der Waals surface area contributed by atoms with Gasteiger partial charge in [-0.2, -0.15) is 0 Å². The lowest BCUT2D eigenvalue weighted by molar-refractivity contribution is 0.251. The molecule has 1 aromatic heterocycles. The van der Waals surface area contributed by atoms with Gasteiger partial charge >= 0.3 is 6.03 Å². The number of nitrogens with zero attached hydrogens (tertiary/aromatic N) is 2. The molecule has 0 unspecified atom stereocenters. The first kappa shape index (κ1) is 17.8. The van der Waals surface area contributed by atoms with E-state index in [1.807, 2.05) is 38.1 Å². The van der Waals surface area contributed by atoms with E-state index in [0.29, 0.717) is 6.54 Å². The second kappa shape index (κ2) is 8.34. The van der Waals surface area contributed by atoms with Gasteiger partial charge in [0.1, 0.15) is 5.82 Å². The Morgan fingerprint density at radius 1 is 1.12 bits per heavy atom. The van der Waals surface area contributed by atoms with Crippen LogP contribution in [0.25, 0.3) is 0 Å². The highest BCUT2D eigenvalue weighted by molar-refractivity contribution is 5.90. The minimum Gasteiger partial charge on any atom is -0.357 e. The summed E-state index contributed by atoms with van der Waals surface area (Å²) in [4.78, 5) is 18.7. The van der Waals surface area contributed by atoms with E-state index in [-0.39, 0.29) is 6.03 Å². The van der Waals surface area contributed by atoms with Crippen LogP contribution in [0.3, 0.4) is 0 Å². The largest absolute Gasteiger partial charge is 0.357 e. The van der Waals surface area contributed by atoms with Crippen LogP contribution in [-0.2, 0) is 6.54 Å². The first-order valence-corrected chi connectivity index (χ1v) is 8.35. The number of pyridine rings is 1. The third kappa shape index (κ3) is 4.72. The fraction of sp³-hybridized carbons (Fsp3) is 0.368. The van der Waals surface area contributed by atoms with Gasteiger partial charge in [-0.1, -0.05) is 17.7 Å². The molecule has 128 valence electrons. The lowest BCUT2D eigenvalue weighted by Gasteiger charge is -2.20. The van der Waals surface area contributed by atoms with Crippen molar-refractivity contribution in [3.05, 3.63) is 53.2 Å². The number of carbonyl (C=O) groups is 1. The van der Waals surface area contributed by atoms with Crippen molar-refractivity contribution in [3.63, 3.8) is 0 Å². The molecule has 0 atom stereocenters. The second-order valence-corrected chi connectivity index (χ2v) is 5.82. The van der Waals surface area contributed by atoms with Crippen LogP contribution in [0.2, 0.25) is 0 Å². The van der Waals surface area contributed by atoms with Gasteiger partial charge in [0.25, 0.3) is 0 Å². The van der Waals surface area contributed by atoms with Crippen molar-refractivity contribution in [2.45, 2.75) is 34.2 Å². The SMILES string of the molecule is CCN(CC)c1cc(CNC(=O)Nc2ccc(C)cc2C)ccn1. The van der Waals surface area contributed by atoms with E-state index >= 15 is 0 Å². The molecule has 5 heteroatoms. The van der Waals surface area contributed by atoms with E-state index in [4.69, 9.17) is 0 Å². The number of urea groups is 1. The summed E-state index contributed by atoms with van der Waals surface area (Å²) in [6, 6.07) is 9.70. The maximum absolute atomic E-state index is 12.1. The Morgan fingerprint density at radius 3 is 2.54 bits per heavy atom. The molecule has 0 radical (unpaired) electrons. The molecule has 2 amide bonds. The van der Waals surface area contributed by atoms with Crippen molar-refractivity contribution >= 4 is 17.5 Å². The van der Waals surface area contributed by atoms with E-state index in [2.05, 4.69) is 40.4 Å². The fourth-order valence-electron chi connectivity index (χ4n) is 2.59. The predicted octanol–water partition coefficient (Wildman–Crippen LogP) is 3.87. The number of aryl methyl sites for hydroxylation is 2. The smallest absolute Gasteiger partial charge is 0.319 e. The Morgan fingerprint density at radius 2 is 1.88 bits per heavy atom. The number of aromatic nitrogens is 1. The van der Waals surface area contributed by atoms with Crippen LogP contribution in [0.15, 0.2) is 36.5 Å². The summed E-state index contributed by atoms with van der Waals surface area (Å²) < 4.78 is 0. The molecule has 1 heterocycles. The molecule has 2 aromatic rings. The van der Waals surface area contributed by atoms with Gasteiger partial charge in [0, 0.05) is 31.5 Å². The van der Waals surface area contributed by atoms with Crippen LogP contribution in [0.4, 0.5) is 16.3 Å². The van der Waals surface area contributed by atoms with Gasteiger partial charge in [-0.3, -0.25) is 0 Å². The van der Waals surface area contributed by atoms with E-state index < -0.39 is 0 Å². The highest BCUT2D eigenvalue weighted by Crippen LogP contribution is 2.16. The van der Waals surface area contributed by atoms with Gasteiger partial charge in [-0.05, 0) is 57.0 Å². The Hall–Kier alpha value is -2.56. The number of hydrogen-bond acceptors (Lipinski definition) is 3. The molecule has 0 aliphatic heterocycles. The van der Waals surface area contributed by atoms with Crippen molar-refractivity contribution in [1.82, 2.24) is 10.3 Å². The van der Waals surface area contributed by atoms with Crippen LogP contribution in [0, 0.1) is 13.8 Å². The summed E-state index contributed by atoms with van der Waals surface area (Å²) in [6.07, 6.45) is 1.78. The number of hydrogen-bond donors (Lipinski definition) is 2. The minimum atomic E-state index is -0.205. The second-order valence-electron chi connectivity index (χ2n) is 5.82.